The van der Waals surface area contributed by atoms with Crippen LogP contribution in [0.5, 0.6) is 0 Å². The first-order chi connectivity index (χ1) is 15.9. The predicted molar refractivity (Wildman–Crippen MR) is 137 cm³/mol. The van der Waals surface area contributed by atoms with E-state index in [9.17, 15) is 0 Å². The molecule has 0 atom stereocenters. The van der Waals surface area contributed by atoms with Crippen LogP contribution in [0.15, 0.2) is 115 Å². The maximum atomic E-state index is 4.82. The van der Waals surface area contributed by atoms with Crippen molar-refractivity contribution in [3.63, 3.8) is 0 Å². The van der Waals surface area contributed by atoms with E-state index in [0.29, 0.717) is 0 Å². The van der Waals surface area contributed by atoms with Crippen LogP contribution in [0, 0.1) is 0 Å². The summed E-state index contributed by atoms with van der Waals surface area (Å²) in [6, 6.07) is 39.4. The van der Waals surface area contributed by atoms with E-state index in [4.69, 9.17) is 4.98 Å². The van der Waals surface area contributed by atoms with E-state index < -0.39 is 0 Å². The van der Waals surface area contributed by atoms with Gasteiger partial charge in [0.05, 0.1) is 5.69 Å². The molecule has 0 spiro atoms. The average molecular weight is 406 g/mol. The Kier molecular flexibility index (Phi) is 3.62. The second kappa shape index (κ2) is 6.63. The average Bonchev–Trinajstić information content (AvgIpc) is 2.87. The van der Waals surface area contributed by atoms with Gasteiger partial charge in [0.25, 0.3) is 0 Å². The van der Waals surface area contributed by atoms with E-state index in [1.54, 1.807) is 0 Å². The molecule has 0 aliphatic carbocycles. The molecule has 7 rings (SSSR count). The topological polar surface area (TPSA) is 12.9 Å². The van der Waals surface area contributed by atoms with Gasteiger partial charge in [0.15, 0.2) is 0 Å². The van der Waals surface area contributed by atoms with Crippen molar-refractivity contribution in [2.45, 2.75) is 0 Å². The summed E-state index contributed by atoms with van der Waals surface area (Å²) in [5, 5.41) is 12.7. The summed E-state index contributed by atoms with van der Waals surface area (Å²) in [4.78, 5) is 4.82. The van der Waals surface area contributed by atoms with Gasteiger partial charge in [-0.05, 0) is 60.6 Å². The number of aromatic nitrogens is 1. The van der Waals surface area contributed by atoms with Crippen LogP contribution in [0.4, 0.5) is 0 Å². The van der Waals surface area contributed by atoms with E-state index in [1.165, 1.54) is 53.9 Å². The van der Waals surface area contributed by atoms with Crippen LogP contribution in [-0.2, 0) is 0 Å². The van der Waals surface area contributed by atoms with E-state index >= 15 is 0 Å². The highest BCUT2D eigenvalue weighted by Gasteiger charge is 2.11. The molecule has 0 N–H and O–H groups in total. The van der Waals surface area contributed by atoms with Crippen molar-refractivity contribution in [1.29, 1.82) is 0 Å². The maximum Gasteiger partial charge on any atom is 0.0780 e. The second-order valence-electron chi connectivity index (χ2n) is 8.42. The van der Waals surface area contributed by atoms with Gasteiger partial charge in [-0.1, -0.05) is 97.1 Å². The smallest absolute Gasteiger partial charge is 0.0780 e. The zero-order valence-corrected chi connectivity index (χ0v) is 17.4. The van der Waals surface area contributed by atoms with E-state index in [0.717, 1.165) is 11.3 Å². The molecule has 0 bridgehead atoms. The molecule has 0 aliphatic rings. The lowest BCUT2D eigenvalue weighted by molar-refractivity contribution is 1.36. The molecule has 0 saturated heterocycles. The van der Waals surface area contributed by atoms with Crippen molar-refractivity contribution in [3.8, 4) is 11.3 Å². The predicted octanol–water partition coefficient (Wildman–Crippen LogP) is 8.51. The molecule has 1 nitrogen and oxygen atoms in total. The molecule has 0 aliphatic heterocycles. The Hall–Kier alpha value is -4.23. The number of benzene rings is 6. The fourth-order valence-electron chi connectivity index (χ4n) is 5.14. The van der Waals surface area contributed by atoms with Crippen molar-refractivity contribution in [3.05, 3.63) is 115 Å². The van der Waals surface area contributed by atoms with Crippen molar-refractivity contribution in [2.24, 2.45) is 0 Å². The first-order valence-electron chi connectivity index (χ1n) is 11.0. The van der Waals surface area contributed by atoms with Gasteiger partial charge in [-0.2, -0.15) is 0 Å². The van der Waals surface area contributed by atoms with Gasteiger partial charge < -0.3 is 0 Å². The van der Waals surface area contributed by atoms with Gasteiger partial charge >= 0.3 is 0 Å². The summed E-state index contributed by atoms with van der Waals surface area (Å²) >= 11 is 0. The molecule has 1 aromatic heterocycles. The van der Waals surface area contributed by atoms with Crippen LogP contribution >= 0.6 is 0 Å². The van der Waals surface area contributed by atoms with E-state index in [-0.39, 0.29) is 0 Å². The Morgan fingerprint density at radius 1 is 0.375 bits per heavy atom. The Morgan fingerprint density at radius 2 is 0.906 bits per heavy atom. The van der Waals surface area contributed by atoms with Gasteiger partial charge in [-0.3, -0.25) is 4.98 Å². The highest BCUT2D eigenvalue weighted by molar-refractivity contribution is 6.19. The fraction of sp³-hybridized carbons (Fsp3) is 0. The molecular formula is C31H19N. The van der Waals surface area contributed by atoms with Gasteiger partial charge in [0, 0.05) is 17.1 Å². The van der Waals surface area contributed by atoms with Crippen LogP contribution < -0.4 is 0 Å². The summed E-state index contributed by atoms with van der Waals surface area (Å²) in [7, 11) is 0. The molecule has 0 unspecified atom stereocenters. The summed E-state index contributed by atoms with van der Waals surface area (Å²) in [6.07, 6.45) is 1.94. The Bertz CT molecular complexity index is 1830. The van der Waals surface area contributed by atoms with Gasteiger partial charge in [-0.15, -0.1) is 0 Å². The number of nitrogens with zero attached hydrogens (tertiary/aromatic N) is 1. The standard InChI is InChI=1S/C31H19N/c1-3-7-24-20(5-1)9-10-22-19-23(12-13-26(22)24)31-30-16-15-27-25-8-4-2-6-21(25)11-14-28(27)29(30)17-18-32-31/h1-19H. The first-order valence-corrected chi connectivity index (χ1v) is 11.0. The minimum atomic E-state index is 1.03. The number of rotatable bonds is 1. The summed E-state index contributed by atoms with van der Waals surface area (Å²) in [5.74, 6) is 0. The number of pyridine rings is 1. The molecular weight excluding hydrogens is 386 g/mol. The van der Waals surface area contributed by atoms with Crippen molar-refractivity contribution < 1.29 is 0 Å². The minimum Gasteiger partial charge on any atom is -0.256 e. The summed E-state index contributed by atoms with van der Waals surface area (Å²) in [5.41, 5.74) is 2.19. The van der Waals surface area contributed by atoms with Crippen molar-refractivity contribution in [1.82, 2.24) is 4.98 Å². The molecule has 148 valence electrons. The third-order valence-corrected chi connectivity index (χ3v) is 6.69. The first kappa shape index (κ1) is 17.5. The zero-order valence-electron chi connectivity index (χ0n) is 17.4. The molecule has 32 heavy (non-hydrogen) atoms. The monoisotopic (exact) mass is 405 g/mol. The van der Waals surface area contributed by atoms with E-state index in [2.05, 4.69) is 109 Å². The minimum absolute atomic E-state index is 1.03. The largest absolute Gasteiger partial charge is 0.256 e. The van der Waals surface area contributed by atoms with Gasteiger partial charge in [0.1, 0.15) is 0 Å². The highest BCUT2D eigenvalue weighted by Crippen LogP contribution is 2.36. The lowest BCUT2D eigenvalue weighted by atomic mass is 9.94. The third-order valence-electron chi connectivity index (χ3n) is 6.69. The summed E-state index contributed by atoms with van der Waals surface area (Å²) in [6.45, 7) is 0. The fourth-order valence-corrected chi connectivity index (χ4v) is 5.14. The number of hydrogen-bond acceptors (Lipinski definition) is 1. The molecule has 0 radical (unpaired) electrons. The zero-order chi connectivity index (χ0) is 21.1. The lowest BCUT2D eigenvalue weighted by Crippen LogP contribution is -1.88. The maximum absolute atomic E-state index is 4.82. The number of fused-ring (bicyclic) bond motifs is 8. The molecule has 6 aromatic carbocycles. The SMILES string of the molecule is c1ccc2c(c1)ccc1cc(-c3nccc4c3ccc3c5ccccc5ccc43)ccc12. The molecule has 1 heteroatoms. The Morgan fingerprint density at radius 3 is 1.75 bits per heavy atom. The van der Waals surface area contributed by atoms with Crippen LogP contribution in [0.2, 0.25) is 0 Å². The quantitative estimate of drug-likeness (QED) is 0.249. The molecule has 0 amide bonds. The van der Waals surface area contributed by atoms with Crippen LogP contribution in [0.3, 0.4) is 0 Å². The van der Waals surface area contributed by atoms with Crippen molar-refractivity contribution in [2.75, 3.05) is 0 Å². The van der Waals surface area contributed by atoms with Crippen LogP contribution in [0.1, 0.15) is 0 Å². The molecule has 7 aromatic rings. The summed E-state index contributed by atoms with van der Waals surface area (Å²) < 4.78 is 0. The highest BCUT2D eigenvalue weighted by atomic mass is 14.7. The molecule has 1 heterocycles. The normalized spacial score (nSPS) is 11.8. The molecule has 0 saturated carbocycles. The van der Waals surface area contributed by atoms with Gasteiger partial charge in [-0.25, -0.2) is 0 Å². The second-order valence-corrected chi connectivity index (χ2v) is 8.42. The molecule has 0 fully saturated rings. The van der Waals surface area contributed by atoms with Gasteiger partial charge in [0.2, 0.25) is 0 Å². The Labute approximate surface area is 185 Å². The van der Waals surface area contributed by atoms with Crippen LogP contribution in [0.25, 0.3) is 65.1 Å². The third kappa shape index (κ3) is 2.48. The van der Waals surface area contributed by atoms with E-state index in [1.807, 2.05) is 6.20 Å². The van der Waals surface area contributed by atoms with Crippen molar-refractivity contribution >= 4 is 53.9 Å². The Balaban J connectivity index is 1.50. The van der Waals surface area contributed by atoms with Crippen LogP contribution in [-0.4, -0.2) is 4.98 Å². The lowest BCUT2D eigenvalue weighted by Gasteiger charge is -2.12. The number of hydrogen-bond donors (Lipinski definition) is 0.